The predicted molar refractivity (Wildman–Crippen MR) is 90.3 cm³/mol. The standard InChI is InChI=1S/C19H18N2O3/c22-18-11-24-17-10-14(6-8-16(17)21-18)19(23)20-15-7-5-12-3-1-2-4-13(12)9-15/h1-4,6,8,10,15H,5,7,9,11H2,(H,20,23)(H,21,22). The molecule has 0 radical (unpaired) electrons. The zero-order valence-corrected chi connectivity index (χ0v) is 13.2. The van der Waals surface area contributed by atoms with Crippen LogP contribution in [0.1, 0.15) is 27.9 Å². The third kappa shape index (κ3) is 2.85. The molecular weight excluding hydrogens is 304 g/mol. The average Bonchev–Trinajstić information content (AvgIpc) is 2.61. The minimum Gasteiger partial charge on any atom is -0.482 e. The van der Waals surface area contributed by atoms with E-state index in [1.165, 1.54) is 11.1 Å². The average molecular weight is 322 g/mol. The highest BCUT2D eigenvalue weighted by Gasteiger charge is 2.22. The van der Waals surface area contributed by atoms with E-state index in [-0.39, 0.29) is 24.5 Å². The first kappa shape index (κ1) is 14.8. The van der Waals surface area contributed by atoms with Gasteiger partial charge in [0.15, 0.2) is 6.61 Å². The highest BCUT2D eigenvalue weighted by Crippen LogP contribution is 2.28. The monoisotopic (exact) mass is 322 g/mol. The molecule has 24 heavy (non-hydrogen) atoms. The number of ether oxygens (including phenoxy) is 1. The second-order valence-electron chi connectivity index (χ2n) is 6.23. The van der Waals surface area contributed by atoms with Gasteiger partial charge in [-0.1, -0.05) is 24.3 Å². The molecule has 2 aliphatic rings. The lowest BCUT2D eigenvalue weighted by Crippen LogP contribution is -2.38. The third-order valence-corrected chi connectivity index (χ3v) is 4.56. The lowest BCUT2D eigenvalue weighted by molar-refractivity contribution is -0.118. The van der Waals surface area contributed by atoms with E-state index in [1.54, 1.807) is 18.2 Å². The van der Waals surface area contributed by atoms with E-state index in [0.717, 1.165) is 19.3 Å². The van der Waals surface area contributed by atoms with Crippen LogP contribution in [0.5, 0.6) is 5.75 Å². The topological polar surface area (TPSA) is 67.4 Å². The van der Waals surface area contributed by atoms with Crippen molar-refractivity contribution >= 4 is 17.5 Å². The van der Waals surface area contributed by atoms with Crippen LogP contribution in [0.3, 0.4) is 0 Å². The van der Waals surface area contributed by atoms with E-state index >= 15 is 0 Å². The molecule has 1 aliphatic heterocycles. The molecule has 1 unspecified atom stereocenters. The van der Waals surface area contributed by atoms with Gasteiger partial charge in [-0.25, -0.2) is 0 Å². The van der Waals surface area contributed by atoms with Gasteiger partial charge in [0.2, 0.25) is 0 Å². The summed E-state index contributed by atoms with van der Waals surface area (Å²) in [5.74, 6) is 0.250. The van der Waals surface area contributed by atoms with Crippen molar-refractivity contribution in [2.24, 2.45) is 0 Å². The summed E-state index contributed by atoms with van der Waals surface area (Å²) in [7, 11) is 0. The minimum atomic E-state index is -0.180. The smallest absolute Gasteiger partial charge is 0.262 e. The first-order valence-electron chi connectivity index (χ1n) is 8.13. The van der Waals surface area contributed by atoms with Crippen molar-refractivity contribution in [3.63, 3.8) is 0 Å². The largest absolute Gasteiger partial charge is 0.482 e. The minimum absolute atomic E-state index is 0.0164. The van der Waals surface area contributed by atoms with Crippen molar-refractivity contribution < 1.29 is 14.3 Å². The van der Waals surface area contributed by atoms with Crippen LogP contribution in [0.2, 0.25) is 0 Å². The quantitative estimate of drug-likeness (QED) is 0.891. The van der Waals surface area contributed by atoms with Crippen LogP contribution < -0.4 is 15.4 Å². The zero-order valence-electron chi connectivity index (χ0n) is 13.2. The molecule has 122 valence electrons. The first-order valence-corrected chi connectivity index (χ1v) is 8.13. The van der Waals surface area contributed by atoms with Crippen molar-refractivity contribution in [2.45, 2.75) is 25.3 Å². The van der Waals surface area contributed by atoms with Crippen LogP contribution in [-0.2, 0) is 17.6 Å². The Morgan fingerprint density at radius 1 is 1.17 bits per heavy atom. The van der Waals surface area contributed by atoms with Gasteiger partial charge in [-0.15, -0.1) is 0 Å². The number of anilines is 1. The molecule has 5 nitrogen and oxygen atoms in total. The fraction of sp³-hybridized carbons (Fsp3) is 0.263. The molecule has 0 spiro atoms. The van der Waals surface area contributed by atoms with E-state index in [4.69, 9.17) is 4.74 Å². The second kappa shape index (κ2) is 6.00. The molecule has 0 aromatic heterocycles. The van der Waals surface area contributed by atoms with Crippen molar-refractivity contribution in [2.75, 3.05) is 11.9 Å². The number of fused-ring (bicyclic) bond motifs is 2. The highest BCUT2D eigenvalue weighted by molar-refractivity contribution is 5.99. The molecule has 1 heterocycles. The molecule has 1 atom stereocenters. The van der Waals surface area contributed by atoms with Crippen LogP contribution in [0.15, 0.2) is 42.5 Å². The Hall–Kier alpha value is -2.82. The number of amides is 2. The van der Waals surface area contributed by atoms with Crippen molar-refractivity contribution in [1.82, 2.24) is 5.32 Å². The molecule has 0 saturated heterocycles. The zero-order chi connectivity index (χ0) is 16.5. The fourth-order valence-corrected chi connectivity index (χ4v) is 3.31. The van der Waals surface area contributed by atoms with Gasteiger partial charge in [0.25, 0.3) is 11.8 Å². The summed E-state index contributed by atoms with van der Waals surface area (Å²) >= 11 is 0. The molecule has 2 aromatic rings. The summed E-state index contributed by atoms with van der Waals surface area (Å²) < 4.78 is 5.37. The Morgan fingerprint density at radius 2 is 2.00 bits per heavy atom. The van der Waals surface area contributed by atoms with Gasteiger partial charge < -0.3 is 15.4 Å². The number of nitrogens with one attached hydrogen (secondary N) is 2. The molecule has 2 N–H and O–H groups in total. The Kier molecular flexibility index (Phi) is 3.69. The number of carbonyl (C=O) groups is 2. The Bertz CT molecular complexity index is 816. The van der Waals surface area contributed by atoms with E-state index in [2.05, 4.69) is 28.8 Å². The van der Waals surface area contributed by atoms with E-state index < -0.39 is 0 Å². The highest BCUT2D eigenvalue weighted by atomic mass is 16.5. The van der Waals surface area contributed by atoms with Crippen molar-refractivity contribution in [3.05, 3.63) is 59.2 Å². The maximum absolute atomic E-state index is 12.5. The maximum Gasteiger partial charge on any atom is 0.262 e. The van der Waals surface area contributed by atoms with E-state index in [0.29, 0.717) is 17.0 Å². The van der Waals surface area contributed by atoms with Crippen LogP contribution in [0, 0.1) is 0 Å². The van der Waals surface area contributed by atoms with Crippen LogP contribution in [0.4, 0.5) is 5.69 Å². The molecule has 4 rings (SSSR count). The molecular formula is C19H18N2O3. The number of benzene rings is 2. The molecule has 1 aliphatic carbocycles. The van der Waals surface area contributed by atoms with Gasteiger partial charge >= 0.3 is 0 Å². The normalized spacial score (nSPS) is 18.7. The number of carbonyl (C=O) groups excluding carboxylic acids is 2. The summed E-state index contributed by atoms with van der Waals surface area (Å²) in [4.78, 5) is 23.8. The van der Waals surface area contributed by atoms with E-state index in [1.807, 2.05) is 6.07 Å². The Balaban J connectivity index is 1.46. The van der Waals surface area contributed by atoms with Gasteiger partial charge in [-0.2, -0.15) is 0 Å². The van der Waals surface area contributed by atoms with Crippen molar-refractivity contribution in [3.8, 4) is 5.75 Å². The summed E-state index contributed by atoms with van der Waals surface area (Å²) in [6, 6.07) is 13.6. The summed E-state index contributed by atoms with van der Waals surface area (Å²) in [6.07, 6.45) is 2.79. The Labute approximate surface area is 140 Å². The Morgan fingerprint density at radius 3 is 2.88 bits per heavy atom. The SMILES string of the molecule is O=C1COc2cc(C(=O)NC3CCc4ccccc4C3)ccc2N1. The molecule has 0 bridgehead atoms. The van der Waals surface area contributed by atoms with Gasteiger partial charge in [-0.3, -0.25) is 9.59 Å². The van der Waals surface area contributed by atoms with Gasteiger partial charge in [-0.05, 0) is 48.6 Å². The lowest BCUT2D eigenvalue weighted by atomic mass is 9.88. The second-order valence-corrected chi connectivity index (χ2v) is 6.23. The molecule has 2 aromatic carbocycles. The number of hydrogen-bond acceptors (Lipinski definition) is 3. The summed E-state index contributed by atoms with van der Waals surface area (Å²) in [6.45, 7) is -0.0164. The van der Waals surface area contributed by atoms with Crippen LogP contribution in [0.25, 0.3) is 0 Å². The first-order chi connectivity index (χ1) is 11.7. The molecule has 2 amide bonds. The number of aryl methyl sites for hydroxylation is 1. The maximum atomic E-state index is 12.5. The van der Waals surface area contributed by atoms with Crippen LogP contribution in [-0.4, -0.2) is 24.5 Å². The number of rotatable bonds is 2. The molecule has 5 heteroatoms. The molecule has 0 saturated carbocycles. The van der Waals surface area contributed by atoms with E-state index in [9.17, 15) is 9.59 Å². The lowest BCUT2D eigenvalue weighted by Gasteiger charge is -2.25. The van der Waals surface area contributed by atoms with Gasteiger partial charge in [0.1, 0.15) is 5.75 Å². The van der Waals surface area contributed by atoms with Crippen molar-refractivity contribution in [1.29, 1.82) is 0 Å². The predicted octanol–water partition coefficient (Wildman–Crippen LogP) is 2.30. The fourth-order valence-electron chi connectivity index (χ4n) is 3.31. The van der Waals surface area contributed by atoms with Gasteiger partial charge in [0, 0.05) is 11.6 Å². The summed E-state index contributed by atoms with van der Waals surface area (Å²) in [5, 5.41) is 5.83. The van der Waals surface area contributed by atoms with Crippen LogP contribution >= 0.6 is 0 Å². The number of hydrogen-bond donors (Lipinski definition) is 2. The van der Waals surface area contributed by atoms with Gasteiger partial charge in [0.05, 0.1) is 5.69 Å². The third-order valence-electron chi connectivity index (χ3n) is 4.56. The molecule has 0 fully saturated rings. The summed E-state index contributed by atoms with van der Waals surface area (Å²) in [5.41, 5.74) is 3.84.